The third kappa shape index (κ3) is 4.04. The van der Waals surface area contributed by atoms with E-state index in [-0.39, 0.29) is 11.4 Å². The Hall–Kier alpha value is -1.86. The minimum Gasteiger partial charge on any atom is -0.465 e. The molecule has 1 unspecified atom stereocenters. The Morgan fingerprint density at radius 2 is 1.96 bits per heavy atom. The second-order valence-electron chi connectivity index (χ2n) is 6.75. The summed E-state index contributed by atoms with van der Waals surface area (Å²) in [6.45, 7) is 11.5. The van der Waals surface area contributed by atoms with Gasteiger partial charge in [0, 0.05) is 30.9 Å². The van der Waals surface area contributed by atoms with Crippen molar-refractivity contribution in [2.45, 2.75) is 39.7 Å². The lowest BCUT2D eigenvalue weighted by molar-refractivity contribution is -0.0169. The number of carbonyl (C=O) groups excluding carboxylic acids is 2. The number of hydrogen-bond acceptors (Lipinski definition) is 5. The lowest BCUT2D eigenvalue weighted by atomic mass is 9.95. The second-order valence-corrected chi connectivity index (χ2v) is 6.75. The average molecular weight is 351 g/mol. The smallest absolute Gasteiger partial charge is 0.339 e. The molecule has 1 aromatic heterocycles. The van der Waals surface area contributed by atoms with Crippen molar-refractivity contribution >= 4 is 11.9 Å². The van der Waals surface area contributed by atoms with Crippen LogP contribution in [0, 0.1) is 13.8 Å². The first-order chi connectivity index (χ1) is 11.8. The summed E-state index contributed by atoms with van der Waals surface area (Å²) in [6.07, 6.45) is 0.920. The van der Waals surface area contributed by atoms with Gasteiger partial charge in [-0.25, -0.2) is 4.79 Å². The van der Waals surface area contributed by atoms with Crippen LogP contribution in [0.1, 0.15) is 52.4 Å². The number of aromatic amines is 1. The van der Waals surface area contributed by atoms with Gasteiger partial charge in [0.15, 0.2) is 0 Å². The maximum Gasteiger partial charge on any atom is 0.339 e. The standard InChI is InChI=1S/C18H29N3O4/c1-6-18(4,21-7-9-25-10-8-21)11-19-16(22)15-12(2)14(13(3)20-15)17(23)24-5/h20H,6-11H2,1-5H3,(H,19,22). The van der Waals surface area contributed by atoms with Gasteiger partial charge in [0.25, 0.3) is 5.91 Å². The molecule has 0 aliphatic carbocycles. The SMILES string of the molecule is CCC(C)(CNC(=O)c1[nH]c(C)c(C(=O)OC)c1C)N1CCOCC1. The fourth-order valence-corrected chi connectivity index (χ4v) is 3.31. The minimum absolute atomic E-state index is 0.125. The third-order valence-electron chi connectivity index (χ3n) is 5.22. The summed E-state index contributed by atoms with van der Waals surface area (Å²) >= 11 is 0. The molecule has 1 amide bonds. The maximum atomic E-state index is 12.6. The molecule has 1 saturated heterocycles. The number of morpholine rings is 1. The lowest BCUT2D eigenvalue weighted by Crippen LogP contribution is -2.56. The highest BCUT2D eigenvalue weighted by Crippen LogP contribution is 2.22. The molecule has 0 spiro atoms. The van der Waals surface area contributed by atoms with Crippen molar-refractivity contribution in [3.63, 3.8) is 0 Å². The Kier molecular flexibility index (Phi) is 6.24. The summed E-state index contributed by atoms with van der Waals surface area (Å²) in [6, 6.07) is 0. The molecule has 2 heterocycles. The second kappa shape index (κ2) is 8.01. The van der Waals surface area contributed by atoms with Crippen LogP contribution in [-0.2, 0) is 9.47 Å². The first-order valence-electron chi connectivity index (χ1n) is 8.72. The molecule has 7 nitrogen and oxygen atoms in total. The molecular weight excluding hydrogens is 322 g/mol. The van der Waals surface area contributed by atoms with Crippen LogP contribution >= 0.6 is 0 Å². The molecule has 25 heavy (non-hydrogen) atoms. The van der Waals surface area contributed by atoms with Gasteiger partial charge in [-0.1, -0.05) is 6.92 Å². The summed E-state index contributed by atoms with van der Waals surface area (Å²) < 4.78 is 10.2. The molecule has 140 valence electrons. The van der Waals surface area contributed by atoms with E-state index < -0.39 is 5.97 Å². The van der Waals surface area contributed by atoms with Gasteiger partial charge in [-0.15, -0.1) is 0 Å². The van der Waals surface area contributed by atoms with E-state index in [0.717, 1.165) is 32.7 Å². The maximum absolute atomic E-state index is 12.6. The van der Waals surface area contributed by atoms with E-state index in [9.17, 15) is 9.59 Å². The van der Waals surface area contributed by atoms with Gasteiger partial charge in [0.2, 0.25) is 0 Å². The van der Waals surface area contributed by atoms with Crippen LogP contribution in [0.25, 0.3) is 0 Å². The number of nitrogens with one attached hydrogen (secondary N) is 2. The van der Waals surface area contributed by atoms with Gasteiger partial charge in [-0.2, -0.15) is 0 Å². The zero-order chi connectivity index (χ0) is 18.6. The number of hydrogen-bond donors (Lipinski definition) is 2. The zero-order valence-electron chi connectivity index (χ0n) is 15.8. The fraction of sp³-hybridized carbons (Fsp3) is 0.667. The van der Waals surface area contributed by atoms with Crippen LogP contribution in [0.5, 0.6) is 0 Å². The van der Waals surface area contributed by atoms with Gasteiger partial charge in [-0.3, -0.25) is 9.69 Å². The Bertz CT molecular complexity index is 635. The lowest BCUT2D eigenvalue weighted by Gasteiger charge is -2.43. The van der Waals surface area contributed by atoms with Gasteiger partial charge in [0.05, 0.1) is 25.9 Å². The van der Waals surface area contributed by atoms with E-state index >= 15 is 0 Å². The number of H-pyrrole nitrogens is 1. The predicted molar refractivity (Wildman–Crippen MR) is 95.0 cm³/mol. The van der Waals surface area contributed by atoms with Crippen LogP contribution < -0.4 is 5.32 Å². The predicted octanol–water partition coefficient (Wildman–Crippen LogP) is 1.65. The Morgan fingerprint density at radius 1 is 1.32 bits per heavy atom. The molecule has 1 fully saturated rings. The molecule has 0 bridgehead atoms. The number of amides is 1. The van der Waals surface area contributed by atoms with Crippen LogP contribution in [0.3, 0.4) is 0 Å². The molecule has 0 radical (unpaired) electrons. The van der Waals surface area contributed by atoms with E-state index in [4.69, 9.17) is 9.47 Å². The Morgan fingerprint density at radius 3 is 2.52 bits per heavy atom. The number of nitrogens with zero attached hydrogens (tertiary/aromatic N) is 1. The van der Waals surface area contributed by atoms with Crippen molar-refractivity contribution in [1.29, 1.82) is 0 Å². The van der Waals surface area contributed by atoms with Gasteiger partial charge in [-0.05, 0) is 32.8 Å². The monoisotopic (exact) mass is 351 g/mol. The van der Waals surface area contributed by atoms with Gasteiger partial charge < -0.3 is 19.8 Å². The normalized spacial score (nSPS) is 17.8. The number of rotatable bonds is 6. The molecule has 0 aromatic carbocycles. The number of esters is 1. The van der Waals surface area contributed by atoms with Crippen molar-refractivity contribution in [1.82, 2.24) is 15.2 Å². The summed E-state index contributed by atoms with van der Waals surface area (Å²) in [4.78, 5) is 29.9. The first-order valence-corrected chi connectivity index (χ1v) is 8.72. The van der Waals surface area contributed by atoms with Gasteiger partial charge in [0.1, 0.15) is 5.69 Å². The summed E-state index contributed by atoms with van der Waals surface area (Å²) in [5, 5.41) is 3.02. The van der Waals surface area contributed by atoms with Crippen molar-refractivity contribution in [2.24, 2.45) is 0 Å². The van der Waals surface area contributed by atoms with E-state index in [1.165, 1.54) is 7.11 Å². The van der Waals surface area contributed by atoms with E-state index in [2.05, 4.69) is 29.0 Å². The largest absolute Gasteiger partial charge is 0.465 e. The molecule has 1 aromatic rings. The first kappa shape index (κ1) is 19.5. The molecule has 2 rings (SSSR count). The number of aromatic nitrogens is 1. The van der Waals surface area contributed by atoms with Crippen LogP contribution in [0.4, 0.5) is 0 Å². The Labute approximate surface area is 149 Å². The number of carbonyl (C=O) groups is 2. The highest BCUT2D eigenvalue weighted by molar-refractivity contribution is 6.00. The topological polar surface area (TPSA) is 83.7 Å². The minimum atomic E-state index is -0.433. The Balaban J connectivity index is 2.10. The molecule has 1 aliphatic heterocycles. The number of ether oxygens (including phenoxy) is 2. The molecule has 7 heteroatoms. The average Bonchev–Trinajstić information content (AvgIpc) is 2.94. The summed E-state index contributed by atoms with van der Waals surface area (Å²) in [7, 11) is 1.34. The summed E-state index contributed by atoms with van der Waals surface area (Å²) in [5.41, 5.74) is 1.98. The van der Waals surface area contributed by atoms with Gasteiger partial charge >= 0.3 is 5.97 Å². The summed E-state index contributed by atoms with van der Waals surface area (Å²) in [5.74, 6) is -0.638. The highest BCUT2D eigenvalue weighted by Gasteiger charge is 2.32. The van der Waals surface area contributed by atoms with E-state index in [0.29, 0.717) is 29.1 Å². The molecule has 0 saturated carbocycles. The van der Waals surface area contributed by atoms with Crippen LogP contribution in [0.2, 0.25) is 0 Å². The van der Waals surface area contributed by atoms with Crippen molar-refractivity contribution < 1.29 is 19.1 Å². The molecule has 2 N–H and O–H groups in total. The third-order valence-corrected chi connectivity index (χ3v) is 5.22. The quantitative estimate of drug-likeness (QED) is 0.762. The fourth-order valence-electron chi connectivity index (χ4n) is 3.31. The highest BCUT2D eigenvalue weighted by atomic mass is 16.5. The molecule has 1 aliphatic rings. The van der Waals surface area contributed by atoms with E-state index in [1.54, 1.807) is 13.8 Å². The molecular formula is C18H29N3O4. The zero-order valence-corrected chi connectivity index (χ0v) is 15.8. The van der Waals surface area contributed by atoms with E-state index in [1.807, 2.05) is 0 Å². The van der Waals surface area contributed by atoms with Crippen molar-refractivity contribution in [3.8, 4) is 0 Å². The molecule has 1 atom stereocenters. The van der Waals surface area contributed by atoms with Crippen molar-refractivity contribution in [2.75, 3.05) is 40.0 Å². The number of aryl methyl sites for hydroxylation is 1. The van der Waals surface area contributed by atoms with Crippen LogP contribution in [-0.4, -0.2) is 67.3 Å². The van der Waals surface area contributed by atoms with Crippen molar-refractivity contribution in [3.05, 3.63) is 22.5 Å². The number of methoxy groups -OCH3 is 1. The van der Waals surface area contributed by atoms with Crippen LogP contribution in [0.15, 0.2) is 0 Å².